The van der Waals surface area contributed by atoms with Crippen LogP contribution in [-0.2, 0) is 4.79 Å². The maximum atomic E-state index is 13.1. The van der Waals surface area contributed by atoms with Crippen LogP contribution in [0.15, 0.2) is 53.4 Å². The fourth-order valence-electron chi connectivity index (χ4n) is 4.00. The van der Waals surface area contributed by atoms with Crippen LogP contribution in [0.25, 0.3) is 6.08 Å². The number of carbonyl (C=O) groups excluding carboxylic acids is 2. The molecule has 0 spiro atoms. The predicted octanol–water partition coefficient (Wildman–Crippen LogP) is 4.84. The molecule has 5 nitrogen and oxygen atoms in total. The van der Waals surface area contributed by atoms with E-state index in [-0.39, 0.29) is 17.9 Å². The number of ether oxygens (including phenoxy) is 1. The summed E-state index contributed by atoms with van der Waals surface area (Å²) in [7, 11) is 0. The average molecular weight is 423 g/mol. The predicted molar refractivity (Wildman–Crippen MR) is 121 cm³/mol. The van der Waals surface area contributed by atoms with E-state index < -0.39 is 0 Å². The number of carbonyl (C=O) groups is 2. The van der Waals surface area contributed by atoms with Crippen LogP contribution in [0.4, 0.5) is 5.69 Å². The molecule has 156 valence electrons. The second-order valence-electron chi connectivity index (χ2n) is 7.59. The van der Waals surface area contributed by atoms with E-state index in [1.54, 1.807) is 36.0 Å². The first-order chi connectivity index (χ1) is 14.6. The molecule has 1 atom stereocenters. The number of hydrogen-bond donors (Lipinski definition) is 1. The van der Waals surface area contributed by atoms with Gasteiger partial charge in [-0.25, -0.2) is 0 Å². The lowest BCUT2D eigenvalue weighted by Crippen LogP contribution is -2.45. The van der Waals surface area contributed by atoms with Gasteiger partial charge in [0.2, 0.25) is 5.91 Å². The smallest absolute Gasteiger partial charge is 0.257 e. The summed E-state index contributed by atoms with van der Waals surface area (Å²) in [6.45, 7) is 1.39. The molecule has 2 aromatic carbocycles. The van der Waals surface area contributed by atoms with Crippen molar-refractivity contribution < 1.29 is 14.3 Å². The van der Waals surface area contributed by atoms with Gasteiger partial charge in [-0.2, -0.15) is 0 Å². The Labute approximate surface area is 181 Å². The highest BCUT2D eigenvalue weighted by Crippen LogP contribution is 2.31. The van der Waals surface area contributed by atoms with Crippen molar-refractivity contribution in [3.63, 3.8) is 0 Å². The van der Waals surface area contributed by atoms with Gasteiger partial charge in [0.15, 0.2) is 0 Å². The SMILES string of the molecule is CSc1ccc(/C=C/C(=O)Nc2ccc3c(c2)C(=O)N2CCCCC2CCO3)cc1. The fraction of sp³-hybridized carbons (Fsp3) is 0.333. The fourth-order valence-corrected chi connectivity index (χ4v) is 4.41. The Kier molecular flexibility index (Phi) is 6.43. The number of benzene rings is 2. The van der Waals surface area contributed by atoms with Crippen LogP contribution in [0.1, 0.15) is 41.6 Å². The van der Waals surface area contributed by atoms with Gasteiger partial charge in [-0.1, -0.05) is 12.1 Å². The van der Waals surface area contributed by atoms with Gasteiger partial charge in [-0.3, -0.25) is 9.59 Å². The van der Waals surface area contributed by atoms with Crippen molar-refractivity contribution in [2.75, 3.05) is 24.7 Å². The first-order valence-electron chi connectivity index (χ1n) is 10.3. The molecule has 0 bridgehead atoms. The Morgan fingerprint density at radius 1 is 1.17 bits per heavy atom. The molecule has 2 aliphatic rings. The second kappa shape index (κ2) is 9.39. The van der Waals surface area contributed by atoms with E-state index in [0.29, 0.717) is 23.6 Å². The van der Waals surface area contributed by atoms with E-state index in [9.17, 15) is 9.59 Å². The van der Waals surface area contributed by atoms with Crippen LogP contribution >= 0.6 is 11.8 Å². The van der Waals surface area contributed by atoms with Gasteiger partial charge in [0.1, 0.15) is 5.75 Å². The van der Waals surface area contributed by atoms with Crippen LogP contribution in [0.2, 0.25) is 0 Å². The molecular formula is C24H26N2O3S. The van der Waals surface area contributed by atoms with Gasteiger partial charge in [-0.05, 0) is 67.5 Å². The molecule has 1 unspecified atom stereocenters. The van der Waals surface area contributed by atoms with Gasteiger partial charge in [0.25, 0.3) is 5.91 Å². The molecule has 0 radical (unpaired) electrons. The van der Waals surface area contributed by atoms with E-state index in [1.807, 2.05) is 35.4 Å². The largest absolute Gasteiger partial charge is 0.493 e. The van der Waals surface area contributed by atoms with Gasteiger partial charge in [0, 0.05) is 35.7 Å². The molecule has 2 heterocycles. The summed E-state index contributed by atoms with van der Waals surface area (Å²) >= 11 is 1.68. The number of piperidine rings is 1. The number of nitrogens with one attached hydrogen (secondary N) is 1. The summed E-state index contributed by atoms with van der Waals surface area (Å²) in [6.07, 6.45) is 9.41. The monoisotopic (exact) mass is 422 g/mol. The van der Waals surface area contributed by atoms with Crippen LogP contribution in [0, 0.1) is 0 Å². The molecule has 2 amide bonds. The zero-order valence-electron chi connectivity index (χ0n) is 17.1. The standard InChI is InChI=1S/C24H26N2O3S/c1-30-20-9-5-17(6-10-20)7-12-23(27)25-18-8-11-22-21(16-18)24(28)26-14-3-2-4-19(26)13-15-29-22/h5-12,16,19H,2-4,13-15H2,1H3,(H,25,27)/b12-7+. The molecule has 0 saturated carbocycles. The summed E-state index contributed by atoms with van der Waals surface area (Å²) < 4.78 is 5.86. The second-order valence-corrected chi connectivity index (χ2v) is 8.47. The summed E-state index contributed by atoms with van der Waals surface area (Å²) in [5.74, 6) is 0.348. The third kappa shape index (κ3) is 4.70. The lowest BCUT2D eigenvalue weighted by Gasteiger charge is -2.37. The Balaban J connectivity index is 1.48. The van der Waals surface area contributed by atoms with Crippen LogP contribution in [0.3, 0.4) is 0 Å². The summed E-state index contributed by atoms with van der Waals surface area (Å²) in [4.78, 5) is 28.7. The Bertz CT molecular complexity index is 955. The Morgan fingerprint density at radius 2 is 2.00 bits per heavy atom. The first kappa shape index (κ1) is 20.5. The first-order valence-corrected chi connectivity index (χ1v) is 11.6. The third-order valence-corrected chi connectivity index (χ3v) is 6.36. The van der Waals surface area contributed by atoms with Crippen molar-refractivity contribution in [1.29, 1.82) is 0 Å². The molecule has 0 aliphatic carbocycles. The Hall–Kier alpha value is -2.73. The van der Waals surface area contributed by atoms with E-state index in [4.69, 9.17) is 4.74 Å². The topological polar surface area (TPSA) is 58.6 Å². The number of nitrogens with zero attached hydrogens (tertiary/aromatic N) is 1. The molecule has 0 aromatic heterocycles. The molecule has 30 heavy (non-hydrogen) atoms. The zero-order valence-corrected chi connectivity index (χ0v) is 17.9. The van der Waals surface area contributed by atoms with Crippen molar-refractivity contribution >= 4 is 35.3 Å². The maximum Gasteiger partial charge on any atom is 0.257 e. The minimum absolute atomic E-state index is 0.00470. The number of amides is 2. The molecule has 1 saturated heterocycles. The highest BCUT2D eigenvalue weighted by atomic mass is 32.2. The van der Waals surface area contributed by atoms with E-state index >= 15 is 0 Å². The molecule has 4 rings (SSSR count). The van der Waals surface area contributed by atoms with Crippen molar-refractivity contribution in [2.24, 2.45) is 0 Å². The molecule has 6 heteroatoms. The lowest BCUT2D eigenvalue weighted by atomic mass is 9.97. The number of anilines is 1. The molecule has 2 aromatic rings. The van der Waals surface area contributed by atoms with E-state index in [2.05, 4.69) is 5.32 Å². The van der Waals surface area contributed by atoms with Gasteiger partial charge in [-0.15, -0.1) is 11.8 Å². The van der Waals surface area contributed by atoms with Crippen LogP contribution in [0.5, 0.6) is 5.75 Å². The quantitative estimate of drug-likeness (QED) is 0.566. The van der Waals surface area contributed by atoms with Crippen molar-refractivity contribution in [2.45, 2.75) is 36.6 Å². The van der Waals surface area contributed by atoms with Crippen LogP contribution in [-0.4, -0.2) is 42.2 Å². The van der Waals surface area contributed by atoms with Crippen molar-refractivity contribution in [3.05, 3.63) is 59.7 Å². The normalized spacial score (nSPS) is 18.8. The van der Waals surface area contributed by atoms with Gasteiger partial charge < -0.3 is 15.0 Å². The molecule has 1 fully saturated rings. The number of thioether (sulfide) groups is 1. The molecular weight excluding hydrogens is 396 g/mol. The van der Waals surface area contributed by atoms with Gasteiger partial charge >= 0.3 is 0 Å². The lowest BCUT2D eigenvalue weighted by molar-refractivity contribution is -0.111. The maximum absolute atomic E-state index is 13.1. The number of hydrogen-bond acceptors (Lipinski definition) is 4. The minimum Gasteiger partial charge on any atom is -0.493 e. The van der Waals surface area contributed by atoms with Gasteiger partial charge in [0.05, 0.1) is 12.2 Å². The highest BCUT2D eigenvalue weighted by molar-refractivity contribution is 7.98. The molecule has 1 N–H and O–H groups in total. The summed E-state index contributed by atoms with van der Waals surface area (Å²) in [6, 6.07) is 13.5. The highest BCUT2D eigenvalue weighted by Gasteiger charge is 2.31. The summed E-state index contributed by atoms with van der Waals surface area (Å²) in [5.41, 5.74) is 2.07. The third-order valence-electron chi connectivity index (χ3n) is 5.62. The molecule has 2 aliphatic heterocycles. The number of rotatable bonds is 4. The van der Waals surface area contributed by atoms with E-state index in [0.717, 1.165) is 37.8 Å². The Morgan fingerprint density at radius 3 is 2.80 bits per heavy atom. The van der Waals surface area contributed by atoms with Crippen molar-refractivity contribution in [1.82, 2.24) is 4.90 Å². The number of fused-ring (bicyclic) bond motifs is 2. The zero-order chi connectivity index (χ0) is 20.9. The minimum atomic E-state index is -0.237. The van der Waals surface area contributed by atoms with E-state index in [1.165, 1.54) is 11.0 Å². The van der Waals surface area contributed by atoms with Crippen molar-refractivity contribution in [3.8, 4) is 5.75 Å². The summed E-state index contributed by atoms with van der Waals surface area (Å²) in [5, 5.41) is 2.86. The average Bonchev–Trinajstić information content (AvgIpc) is 2.78. The van der Waals surface area contributed by atoms with Crippen LogP contribution < -0.4 is 10.1 Å².